The summed E-state index contributed by atoms with van der Waals surface area (Å²) in [5.74, 6) is 0.923. The van der Waals surface area contributed by atoms with Gasteiger partial charge in [-0.1, -0.05) is 0 Å². The van der Waals surface area contributed by atoms with Crippen LogP contribution < -0.4 is 10.6 Å². The number of halogens is 1. The number of methoxy groups -OCH3 is 1. The molecule has 1 fully saturated rings. The Morgan fingerprint density at radius 2 is 2.28 bits per heavy atom. The maximum Gasteiger partial charge on any atom is 0.407 e. The topological polar surface area (TPSA) is 128 Å². The third-order valence-electron chi connectivity index (χ3n) is 4.90. The van der Waals surface area contributed by atoms with Crippen LogP contribution in [0.15, 0.2) is 18.5 Å². The van der Waals surface area contributed by atoms with Crippen molar-refractivity contribution in [1.82, 2.24) is 29.9 Å². The molecule has 1 aliphatic rings. The molecule has 0 radical (unpaired) electrons. The number of fused-ring (bicyclic) bond motifs is 1. The van der Waals surface area contributed by atoms with Crippen LogP contribution in [0.4, 0.5) is 21.0 Å². The smallest absolute Gasteiger partial charge is 0.407 e. The van der Waals surface area contributed by atoms with Crippen LogP contribution in [0.5, 0.6) is 0 Å². The number of aryl methyl sites for hydroxylation is 1. The van der Waals surface area contributed by atoms with E-state index in [9.17, 15) is 9.18 Å². The molecule has 4 heterocycles. The second-order valence-corrected chi connectivity index (χ2v) is 7.90. The number of alkyl halides is 1. The zero-order valence-corrected chi connectivity index (χ0v) is 18.3. The summed E-state index contributed by atoms with van der Waals surface area (Å²) in [6.45, 7) is 5.83. The van der Waals surface area contributed by atoms with E-state index < -0.39 is 24.5 Å². The van der Waals surface area contributed by atoms with E-state index in [0.29, 0.717) is 24.1 Å². The number of nitrogens with one attached hydrogen (secondary N) is 3. The minimum atomic E-state index is -1.53. The summed E-state index contributed by atoms with van der Waals surface area (Å²) in [5, 5.41) is 12.6. The van der Waals surface area contributed by atoms with Gasteiger partial charge in [-0.15, -0.1) is 0 Å². The monoisotopic (exact) mass is 447 g/mol. The molecule has 12 heteroatoms. The molecule has 1 saturated heterocycles. The van der Waals surface area contributed by atoms with Gasteiger partial charge in [0.1, 0.15) is 11.8 Å². The Labute approximate surface area is 183 Å². The average Bonchev–Trinajstić information content (AvgIpc) is 3.44. The molecule has 1 amide bonds. The lowest BCUT2D eigenvalue weighted by atomic mass is 10.1. The number of carbonyl (C=O) groups excluding carboxylic acids is 1. The Hall–Kier alpha value is -3.25. The number of rotatable bonds is 7. The van der Waals surface area contributed by atoms with E-state index in [1.807, 2.05) is 13.1 Å². The SMILES string of the molecule is COCc1cn2c(Nc3cc([C@H]4OC[C@@H](OC(=O)NC(C)C)[C@@H]4F)[nH]n3)ncc(C)c2n1. The Bertz CT molecular complexity index is 1100. The summed E-state index contributed by atoms with van der Waals surface area (Å²) in [6, 6.07) is 1.52. The van der Waals surface area contributed by atoms with Gasteiger partial charge in [0, 0.05) is 37.2 Å². The van der Waals surface area contributed by atoms with Crippen molar-refractivity contribution in [2.45, 2.75) is 51.8 Å². The van der Waals surface area contributed by atoms with Crippen LogP contribution in [-0.2, 0) is 20.8 Å². The number of hydrogen-bond donors (Lipinski definition) is 3. The van der Waals surface area contributed by atoms with Crippen LogP contribution in [0.2, 0.25) is 0 Å². The van der Waals surface area contributed by atoms with Crippen LogP contribution >= 0.6 is 0 Å². The van der Waals surface area contributed by atoms with Crippen molar-refractivity contribution in [1.29, 1.82) is 0 Å². The number of H-pyrrole nitrogens is 1. The lowest BCUT2D eigenvalue weighted by molar-refractivity contribution is 0.0615. The molecule has 0 aliphatic carbocycles. The summed E-state index contributed by atoms with van der Waals surface area (Å²) in [5.41, 5.74) is 2.84. The molecule has 0 unspecified atom stereocenters. The second-order valence-electron chi connectivity index (χ2n) is 7.90. The fourth-order valence-corrected chi connectivity index (χ4v) is 3.46. The highest BCUT2D eigenvalue weighted by Crippen LogP contribution is 2.33. The maximum atomic E-state index is 14.9. The van der Waals surface area contributed by atoms with Gasteiger partial charge < -0.3 is 24.8 Å². The highest BCUT2D eigenvalue weighted by atomic mass is 19.1. The first-order valence-corrected chi connectivity index (χ1v) is 10.2. The number of amides is 1. The molecule has 3 aromatic heterocycles. The zero-order valence-electron chi connectivity index (χ0n) is 18.3. The molecule has 0 bridgehead atoms. The molecule has 32 heavy (non-hydrogen) atoms. The standard InChI is InChI=1S/C20H26FN7O4/c1-10(2)23-20(29)32-14-9-31-17(16(14)21)13-5-15(27-26-13)25-19-22-6-11(3)18-24-12(8-30-4)7-28(18)19/h5-7,10,14,16-17H,8-9H2,1-4H3,(H,23,29)(H2,22,25,26,27)/t14-,16+,17-/m1/s1. The van der Waals surface area contributed by atoms with Crippen molar-refractivity contribution >= 4 is 23.5 Å². The van der Waals surface area contributed by atoms with Crippen molar-refractivity contribution in [2.24, 2.45) is 0 Å². The lowest BCUT2D eigenvalue weighted by Crippen LogP contribution is -2.36. The summed E-state index contributed by atoms with van der Waals surface area (Å²) >= 11 is 0. The maximum absolute atomic E-state index is 14.9. The summed E-state index contributed by atoms with van der Waals surface area (Å²) in [4.78, 5) is 20.7. The highest BCUT2D eigenvalue weighted by Gasteiger charge is 2.42. The average molecular weight is 447 g/mol. The van der Waals surface area contributed by atoms with Crippen LogP contribution in [0.3, 0.4) is 0 Å². The summed E-state index contributed by atoms with van der Waals surface area (Å²) in [6.07, 6.45) is -0.598. The van der Waals surface area contributed by atoms with Crippen molar-refractivity contribution in [3.05, 3.63) is 35.4 Å². The Morgan fingerprint density at radius 3 is 3.03 bits per heavy atom. The Morgan fingerprint density at radius 1 is 1.47 bits per heavy atom. The number of carbonyl (C=O) groups is 1. The molecule has 3 aromatic rings. The molecule has 4 rings (SSSR count). The molecule has 3 atom stereocenters. The third kappa shape index (κ3) is 4.50. The van der Waals surface area contributed by atoms with Crippen LogP contribution in [0.25, 0.3) is 5.65 Å². The number of anilines is 2. The largest absolute Gasteiger partial charge is 0.441 e. The van der Waals surface area contributed by atoms with Crippen LogP contribution in [0.1, 0.15) is 36.9 Å². The van der Waals surface area contributed by atoms with Crippen molar-refractivity contribution in [2.75, 3.05) is 19.0 Å². The Balaban J connectivity index is 1.47. The summed E-state index contributed by atoms with van der Waals surface area (Å²) in [7, 11) is 1.61. The molecule has 172 valence electrons. The van der Waals surface area contributed by atoms with Gasteiger partial charge >= 0.3 is 6.09 Å². The fourth-order valence-electron chi connectivity index (χ4n) is 3.46. The van der Waals surface area contributed by atoms with E-state index >= 15 is 0 Å². The lowest BCUT2D eigenvalue weighted by Gasteiger charge is -2.16. The van der Waals surface area contributed by atoms with E-state index in [0.717, 1.165) is 16.9 Å². The predicted molar refractivity (Wildman–Crippen MR) is 112 cm³/mol. The van der Waals surface area contributed by atoms with Gasteiger partial charge in [0.05, 0.1) is 24.6 Å². The number of alkyl carbamates (subject to hydrolysis) is 1. The third-order valence-corrected chi connectivity index (χ3v) is 4.90. The minimum absolute atomic E-state index is 0.0451. The fraction of sp³-hybridized carbons (Fsp3) is 0.500. The van der Waals surface area contributed by atoms with E-state index in [1.54, 1.807) is 37.6 Å². The minimum Gasteiger partial charge on any atom is -0.441 e. The number of imidazole rings is 1. The van der Waals surface area contributed by atoms with Crippen molar-refractivity contribution in [3.8, 4) is 0 Å². The van der Waals surface area contributed by atoms with E-state index in [1.165, 1.54) is 0 Å². The van der Waals surface area contributed by atoms with E-state index in [4.69, 9.17) is 14.2 Å². The molecule has 3 N–H and O–H groups in total. The predicted octanol–water partition coefficient (Wildman–Crippen LogP) is 2.56. The van der Waals surface area contributed by atoms with Gasteiger partial charge in [-0.3, -0.25) is 9.50 Å². The number of aromatic nitrogens is 5. The Kier molecular flexibility index (Phi) is 6.24. The number of ether oxygens (including phenoxy) is 3. The van der Waals surface area contributed by atoms with Crippen LogP contribution in [0, 0.1) is 6.92 Å². The van der Waals surface area contributed by atoms with Crippen molar-refractivity contribution in [3.63, 3.8) is 0 Å². The molecule has 0 spiro atoms. The molecule has 11 nitrogen and oxygen atoms in total. The molecule has 0 saturated carbocycles. The molecular formula is C20H26FN7O4. The van der Waals surface area contributed by atoms with Crippen LogP contribution in [-0.4, -0.2) is 62.7 Å². The van der Waals surface area contributed by atoms with Gasteiger partial charge in [0.25, 0.3) is 0 Å². The normalized spacial score (nSPS) is 20.8. The number of hydrogen-bond acceptors (Lipinski definition) is 8. The number of nitrogens with zero attached hydrogens (tertiary/aromatic N) is 4. The van der Waals surface area contributed by atoms with Gasteiger partial charge in [0.2, 0.25) is 5.95 Å². The summed E-state index contributed by atoms with van der Waals surface area (Å²) < 4.78 is 32.5. The van der Waals surface area contributed by atoms with Gasteiger partial charge in [-0.2, -0.15) is 5.10 Å². The first kappa shape index (κ1) is 22.0. The van der Waals surface area contributed by atoms with Crippen molar-refractivity contribution < 1.29 is 23.4 Å². The number of aromatic amines is 1. The van der Waals surface area contributed by atoms with E-state index in [2.05, 4.69) is 30.8 Å². The first-order chi connectivity index (χ1) is 15.4. The molecular weight excluding hydrogens is 421 g/mol. The second kappa shape index (κ2) is 9.09. The first-order valence-electron chi connectivity index (χ1n) is 10.2. The van der Waals surface area contributed by atoms with Gasteiger partial charge in [0.15, 0.2) is 18.1 Å². The van der Waals surface area contributed by atoms with E-state index in [-0.39, 0.29) is 12.6 Å². The molecule has 0 aromatic carbocycles. The zero-order chi connectivity index (χ0) is 22.8. The van der Waals surface area contributed by atoms with Gasteiger partial charge in [-0.25, -0.2) is 19.2 Å². The molecule has 1 aliphatic heterocycles. The highest BCUT2D eigenvalue weighted by molar-refractivity contribution is 5.67. The quantitative estimate of drug-likeness (QED) is 0.504. The van der Waals surface area contributed by atoms with Gasteiger partial charge in [-0.05, 0) is 20.8 Å².